The summed E-state index contributed by atoms with van der Waals surface area (Å²) in [5.74, 6) is 0.658. The maximum Gasteiger partial charge on any atom is 0.127 e. The standard InChI is InChI=1S/C13H13FO2/c14-7-8-16-13-6-5-10(9-15)11-3-1-2-4-12(11)13/h1-6,15H,7-9H2. The molecule has 16 heavy (non-hydrogen) atoms. The lowest BCUT2D eigenvalue weighted by Gasteiger charge is -2.10. The SMILES string of the molecule is OCc1ccc(OCCF)c2ccccc12. The van der Waals surface area contributed by atoms with Crippen LogP contribution < -0.4 is 4.74 Å². The van der Waals surface area contributed by atoms with Crippen LogP contribution in [0.25, 0.3) is 10.8 Å². The molecule has 84 valence electrons. The van der Waals surface area contributed by atoms with E-state index in [0.29, 0.717) is 5.75 Å². The molecule has 0 heterocycles. The largest absolute Gasteiger partial charge is 0.490 e. The third kappa shape index (κ3) is 1.99. The van der Waals surface area contributed by atoms with Crippen molar-refractivity contribution in [1.82, 2.24) is 0 Å². The van der Waals surface area contributed by atoms with Gasteiger partial charge in [0.25, 0.3) is 0 Å². The van der Waals surface area contributed by atoms with Crippen molar-refractivity contribution in [3.05, 3.63) is 42.0 Å². The highest BCUT2D eigenvalue weighted by atomic mass is 19.1. The molecule has 1 N–H and O–H groups in total. The molecule has 2 aromatic carbocycles. The third-order valence-electron chi connectivity index (χ3n) is 2.48. The number of aliphatic hydroxyl groups excluding tert-OH is 1. The van der Waals surface area contributed by atoms with Gasteiger partial charge in [-0.1, -0.05) is 30.3 Å². The molecular weight excluding hydrogens is 207 g/mol. The first-order valence-electron chi connectivity index (χ1n) is 5.17. The summed E-state index contributed by atoms with van der Waals surface area (Å²) in [5, 5.41) is 11.1. The lowest BCUT2D eigenvalue weighted by Crippen LogP contribution is -1.99. The van der Waals surface area contributed by atoms with Gasteiger partial charge in [-0.05, 0) is 17.0 Å². The van der Waals surface area contributed by atoms with Gasteiger partial charge in [-0.2, -0.15) is 0 Å². The number of alkyl halides is 1. The minimum absolute atomic E-state index is 0.0100. The van der Waals surface area contributed by atoms with Gasteiger partial charge in [0.2, 0.25) is 0 Å². The Bertz CT molecular complexity index is 482. The molecule has 0 bridgehead atoms. The molecule has 2 rings (SSSR count). The van der Waals surface area contributed by atoms with E-state index in [4.69, 9.17) is 4.74 Å². The second kappa shape index (κ2) is 4.94. The van der Waals surface area contributed by atoms with Crippen LogP contribution in [0.4, 0.5) is 4.39 Å². The highest BCUT2D eigenvalue weighted by molar-refractivity contribution is 5.90. The van der Waals surface area contributed by atoms with Crippen molar-refractivity contribution in [3.63, 3.8) is 0 Å². The lowest BCUT2D eigenvalue weighted by molar-refractivity contribution is 0.274. The van der Waals surface area contributed by atoms with Crippen molar-refractivity contribution in [2.45, 2.75) is 6.61 Å². The van der Waals surface area contributed by atoms with Crippen LogP contribution in [0.2, 0.25) is 0 Å². The van der Waals surface area contributed by atoms with Gasteiger partial charge in [0.15, 0.2) is 0 Å². The van der Waals surface area contributed by atoms with Gasteiger partial charge in [0.1, 0.15) is 19.0 Å². The average Bonchev–Trinajstić information content (AvgIpc) is 2.36. The fourth-order valence-corrected chi connectivity index (χ4v) is 1.75. The first-order valence-corrected chi connectivity index (χ1v) is 5.17. The molecule has 0 aliphatic rings. The van der Waals surface area contributed by atoms with E-state index >= 15 is 0 Å². The maximum absolute atomic E-state index is 12.1. The molecule has 0 atom stereocenters. The van der Waals surface area contributed by atoms with Crippen molar-refractivity contribution < 1.29 is 14.2 Å². The van der Waals surface area contributed by atoms with Crippen LogP contribution in [-0.4, -0.2) is 18.4 Å². The maximum atomic E-state index is 12.1. The normalized spacial score (nSPS) is 10.6. The Morgan fingerprint density at radius 3 is 2.50 bits per heavy atom. The zero-order chi connectivity index (χ0) is 11.4. The van der Waals surface area contributed by atoms with Gasteiger partial charge >= 0.3 is 0 Å². The number of benzene rings is 2. The zero-order valence-electron chi connectivity index (χ0n) is 8.82. The Balaban J connectivity index is 2.51. The van der Waals surface area contributed by atoms with Crippen molar-refractivity contribution in [2.75, 3.05) is 13.3 Å². The predicted octanol–water partition coefficient (Wildman–Crippen LogP) is 2.68. The van der Waals surface area contributed by atoms with Crippen molar-refractivity contribution >= 4 is 10.8 Å². The monoisotopic (exact) mass is 220 g/mol. The van der Waals surface area contributed by atoms with Gasteiger partial charge in [0, 0.05) is 5.39 Å². The lowest BCUT2D eigenvalue weighted by atomic mass is 10.0. The number of rotatable bonds is 4. The van der Waals surface area contributed by atoms with E-state index < -0.39 is 6.67 Å². The third-order valence-corrected chi connectivity index (χ3v) is 2.48. The summed E-state index contributed by atoms with van der Waals surface area (Å²) in [6, 6.07) is 11.2. The molecule has 0 unspecified atom stereocenters. The molecule has 0 aromatic heterocycles. The zero-order valence-corrected chi connectivity index (χ0v) is 8.82. The molecule has 0 spiro atoms. The second-order valence-electron chi connectivity index (χ2n) is 3.46. The second-order valence-corrected chi connectivity index (χ2v) is 3.46. The fraction of sp³-hybridized carbons (Fsp3) is 0.231. The minimum Gasteiger partial charge on any atom is -0.490 e. The van der Waals surface area contributed by atoms with Crippen LogP contribution in [0.5, 0.6) is 5.75 Å². The summed E-state index contributed by atoms with van der Waals surface area (Å²) in [6.45, 7) is -0.456. The van der Waals surface area contributed by atoms with Crippen LogP contribution in [0, 0.1) is 0 Å². The van der Waals surface area contributed by atoms with E-state index in [1.165, 1.54) is 0 Å². The molecule has 0 aliphatic heterocycles. The van der Waals surface area contributed by atoms with E-state index in [-0.39, 0.29) is 13.2 Å². The van der Waals surface area contributed by atoms with Crippen LogP contribution >= 0.6 is 0 Å². The summed E-state index contributed by atoms with van der Waals surface area (Å²) in [6.07, 6.45) is 0. The Kier molecular flexibility index (Phi) is 3.37. The number of halogens is 1. The van der Waals surface area contributed by atoms with Gasteiger partial charge in [-0.15, -0.1) is 0 Å². The summed E-state index contributed by atoms with van der Waals surface area (Å²) in [4.78, 5) is 0. The van der Waals surface area contributed by atoms with Crippen LogP contribution in [-0.2, 0) is 6.61 Å². The van der Waals surface area contributed by atoms with E-state index in [1.807, 2.05) is 24.3 Å². The number of aliphatic hydroxyl groups is 1. The van der Waals surface area contributed by atoms with Gasteiger partial charge in [0.05, 0.1) is 6.61 Å². The van der Waals surface area contributed by atoms with Crippen molar-refractivity contribution in [2.24, 2.45) is 0 Å². The minimum atomic E-state index is -0.504. The van der Waals surface area contributed by atoms with E-state index in [1.54, 1.807) is 12.1 Å². The van der Waals surface area contributed by atoms with Crippen LogP contribution in [0.15, 0.2) is 36.4 Å². The number of ether oxygens (including phenoxy) is 1. The fourth-order valence-electron chi connectivity index (χ4n) is 1.75. The van der Waals surface area contributed by atoms with E-state index in [2.05, 4.69) is 0 Å². The molecule has 0 aliphatic carbocycles. The van der Waals surface area contributed by atoms with E-state index in [0.717, 1.165) is 16.3 Å². The Hall–Kier alpha value is -1.61. The summed E-state index contributed by atoms with van der Waals surface area (Å²) in [5.41, 5.74) is 0.850. The molecule has 0 amide bonds. The highest BCUT2D eigenvalue weighted by Gasteiger charge is 2.05. The molecule has 2 aromatic rings. The molecule has 2 nitrogen and oxygen atoms in total. The molecular formula is C13H13FO2. The van der Waals surface area contributed by atoms with Crippen molar-refractivity contribution in [1.29, 1.82) is 0 Å². The van der Waals surface area contributed by atoms with Gasteiger partial charge in [-0.3, -0.25) is 0 Å². The molecule has 0 fully saturated rings. The summed E-state index contributed by atoms with van der Waals surface area (Å²) in [7, 11) is 0. The molecule has 0 saturated heterocycles. The quantitative estimate of drug-likeness (QED) is 0.858. The molecule has 3 heteroatoms. The summed E-state index contributed by atoms with van der Waals surface area (Å²) >= 11 is 0. The predicted molar refractivity (Wildman–Crippen MR) is 61.3 cm³/mol. The van der Waals surface area contributed by atoms with Crippen molar-refractivity contribution in [3.8, 4) is 5.75 Å². The summed E-state index contributed by atoms with van der Waals surface area (Å²) < 4.78 is 17.4. The topological polar surface area (TPSA) is 29.5 Å². The molecule has 0 saturated carbocycles. The van der Waals surface area contributed by atoms with E-state index in [9.17, 15) is 9.50 Å². The molecule has 0 radical (unpaired) electrons. The number of hydrogen-bond donors (Lipinski definition) is 1. The first kappa shape index (κ1) is 10.9. The van der Waals surface area contributed by atoms with Gasteiger partial charge < -0.3 is 9.84 Å². The first-order chi connectivity index (χ1) is 7.86. The highest BCUT2D eigenvalue weighted by Crippen LogP contribution is 2.28. The average molecular weight is 220 g/mol. The number of fused-ring (bicyclic) bond motifs is 1. The Morgan fingerprint density at radius 1 is 1.06 bits per heavy atom. The smallest absolute Gasteiger partial charge is 0.127 e. The van der Waals surface area contributed by atoms with Gasteiger partial charge in [-0.25, -0.2) is 4.39 Å². The Morgan fingerprint density at radius 2 is 1.81 bits per heavy atom. The number of hydrogen-bond acceptors (Lipinski definition) is 2. The van der Waals surface area contributed by atoms with Crippen LogP contribution in [0.1, 0.15) is 5.56 Å². The Labute approximate surface area is 93.3 Å². The van der Waals surface area contributed by atoms with Crippen LogP contribution in [0.3, 0.4) is 0 Å².